The minimum Gasteiger partial charge on any atom is -0.493 e. The maximum atomic E-state index is 12.3. The van der Waals surface area contributed by atoms with Crippen molar-refractivity contribution in [3.05, 3.63) is 55.8 Å². The summed E-state index contributed by atoms with van der Waals surface area (Å²) >= 11 is 5.45. The van der Waals surface area contributed by atoms with Crippen molar-refractivity contribution in [1.29, 1.82) is 0 Å². The standard InChI is InChI=1S/C21H18BrIN2O6/c1-3-29-19(26)11-30-20-15(23)6-12(7-17(20)28-2)10-24-25-21(27)18-9-13-8-14(22)4-5-16(13)31-18/h4-10H,3,11H2,1-2H3,(H,25,27)/b24-10-. The maximum Gasteiger partial charge on any atom is 0.344 e. The van der Waals surface area contributed by atoms with E-state index in [-0.39, 0.29) is 19.0 Å². The molecule has 1 aromatic heterocycles. The molecule has 0 bridgehead atoms. The molecule has 2 aromatic carbocycles. The van der Waals surface area contributed by atoms with Crippen LogP contribution < -0.4 is 14.9 Å². The van der Waals surface area contributed by atoms with Crippen LogP contribution in [0.1, 0.15) is 23.0 Å². The first-order valence-electron chi connectivity index (χ1n) is 9.09. The molecule has 0 spiro atoms. The molecule has 1 heterocycles. The second kappa shape index (κ2) is 10.6. The number of ether oxygens (including phenoxy) is 3. The van der Waals surface area contributed by atoms with E-state index in [1.807, 2.05) is 12.1 Å². The Kier molecular flexibility index (Phi) is 7.91. The number of halogens is 2. The van der Waals surface area contributed by atoms with E-state index < -0.39 is 11.9 Å². The fourth-order valence-corrected chi connectivity index (χ4v) is 3.79. The molecular weight excluding hydrogens is 583 g/mol. The third-order valence-corrected chi connectivity index (χ3v) is 5.27. The van der Waals surface area contributed by atoms with Gasteiger partial charge in [0.1, 0.15) is 5.58 Å². The van der Waals surface area contributed by atoms with Crippen molar-refractivity contribution >= 4 is 67.6 Å². The zero-order chi connectivity index (χ0) is 22.4. The highest BCUT2D eigenvalue weighted by Crippen LogP contribution is 2.33. The average Bonchev–Trinajstić information content (AvgIpc) is 3.16. The van der Waals surface area contributed by atoms with Crippen molar-refractivity contribution in [2.24, 2.45) is 5.10 Å². The number of fused-ring (bicyclic) bond motifs is 1. The molecule has 0 saturated carbocycles. The Hall–Kier alpha value is -2.60. The molecule has 31 heavy (non-hydrogen) atoms. The van der Waals surface area contributed by atoms with Crippen molar-refractivity contribution in [2.45, 2.75) is 6.92 Å². The van der Waals surface area contributed by atoms with Gasteiger partial charge in [-0.15, -0.1) is 0 Å². The van der Waals surface area contributed by atoms with Gasteiger partial charge in [0, 0.05) is 9.86 Å². The van der Waals surface area contributed by atoms with E-state index in [2.05, 4.69) is 49.0 Å². The number of carbonyl (C=O) groups excluding carboxylic acids is 2. The van der Waals surface area contributed by atoms with E-state index in [1.54, 1.807) is 31.2 Å². The van der Waals surface area contributed by atoms with Crippen LogP contribution in [0.4, 0.5) is 0 Å². The van der Waals surface area contributed by atoms with E-state index in [9.17, 15) is 9.59 Å². The highest BCUT2D eigenvalue weighted by Gasteiger charge is 2.14. The van der Waals surface area contributed by atoms with Gasteiger partial charge in [-0.05, 0) is 71.5 Å². The molecule has 8 nitrogen and oxygen atoms in total. The molecule has 3 aromatic rings. The average molecular weight is 601 g/mol. The fourth-order valence-electron chi connectivity index (χ4n) is 2.63. The smallest absolute Gasteiger partial charge is 0.344 e. The largest absolute Gasteiger partial charge is 0.493 e. The number of furan rings is 1. The quantitative estimate of drug-likeness (QED) is 0.177. The van der Waals surface area contributed by atoms with E-state index in [0.717, 1.165) is 9.86 Å². The number of carbonyl (C=O) groups is 2. The predicted octanol–water partition coefficient (Wildman–Crippen LogP) is 4.51. The van der Waals surface area contributed by atoms with Gasteiger partial charge in [0.05, 0.1) is 23.5 Å². The lowest BCUT2D eigenvalue weighted by atomic mass is 10.2. The third kappa shape index (κ3) is 5.97. The molecule has 10 heteroatoms. The summed E-state index contributed by atoms with van der Waals surface area (Å²) in [6.07, 6.45) is 1.47. The lowest BCUT2D eigenvalue weighted by molar-refractivity contribution is -0.145. The Labute approximate surface area is 200 Å². The van der Waals surface area contributed by atoms with E-state index in [0.29, 0.717) is 26.2 Å². The number of hydrogen-bond donors (Lipinski definition) is 1. The maximum absolute atomic E-state index is 12.3. The van der Waals surface area contributed by atoms with Crippen LogP contribution in [0.2, 0.25) is 0 Å². The monoisotopic (exact) mass is 600 g/mol. The van der Waals surface area contributed by atoms with Crippen LogP contribution in [0.25, 0.3) is 11.0 Å². The molecule has 0 aliphatic rings. The highest BCUT2D eigenvalue weighted by molar-refractivity contribution is 14.1. The summed E-state index contributed by atoms with van der Waals surface area (Å²) in [7, 11) is 1.49. The topological polar surface area (TPSA) is 99.4 Å². The van der Waals surface area contributed by atoms with Gasteiger partial charge in [-0.25, -0.2) is 10.2 Å². The van der Waals surface area contributed by atoms with Crippen LogP contribution in [0.5, 0.6) is 11.5 Å². The Morgan fingerprint density at radius 2 is 2.06 bits per heavy atom. The zero-order valence-corrected chi connectivity index (χ0v) is 20.4. The van der Waals surface area contributed by atoms with Crippen molar-refractivity contribution in [1.82, 2.24) is 5.43 Å². The van der Waals surface area contributed by atoms with Crippen LogP contribution in [0.3, 0.4) is 0 Å². The number of nitrogens with one attached hydrogen (secondary N) is 1. The van der Waals surface area contributed by atoms with Gasteiger partial charge in [-0.1, -0.05) is 15.9 Å². The summed E-state index contributed by atoms with van der Waals surface area (Å²) in [5.41, 5.74) is 3.71. The Morgan fingerprint density at radius 1 is 1.26 bits per heavy atom. The lowest BCUT2D eigenvalue weighted by Gasteiger charge is -2.13. The van der Waals surface area contributed by atoms with Gasteiger partial charge in [-0.2, -0.15) is 5.10 Å². The van der Waals surface area contributed by atoms with Crippen LogP contribution in [-0.2, 0) is 9.53 Å². The van der Waals surface area contributed by atoms with Gasteiger partial charge in [0.25, 0.3) is 0 Å². The van der Waals surface area contributed by atoms with Crippen molar-refractivity contribution in [3.63, 3.8) is 0 Å². The fraction of sp³-hybridized carbons (Fsp3) is 0.190. The molecule has 162 valence electrons. The molecular formula is C21H18BrIN2O6. The van der Waals surface area contributed by atoms with Gasteiger partial charge in [0.2, 0.25) is 0 Å². The SMILES string of the molecule is CCOC(=O)COc1c(I)cc(/C=N\NC(=O)c2cc3cc(Br)ccc3o2)cc1OC. The summed E-state index contributed by atoms with van der Waals surface area (Å²) in [6, 6.07) is 10.6. The second-order valence-corrected chi connectivity index (χ2v) is 8.20. The van der Waals surface area contributed by atoms with Crippen LogP contribution >= 0.6 is 38.5 Å². The first-order valence-corrected chi connectivity index (χ1v) is 11.0. The van der Waals surface area contributed by atoms with E-state index >= 15 is 0 Å². The molecule has 0 aliphatic heterocycles. The highest BCUT2D eigenvalue weighted by atomic mass is 127. The summed E-state index contributed by atoms with van der Waals surface area (Å²) in [5.74, 6) is 0.0593. The summed E-state index contributed by atoms with van der Waals surface area (Å²) in [5, 5.41) is 4.79. The summed E-state index contributed by atoms with van der Waals surface area (Å²) < 4.78 is 22.9. The van der Waals surface area contributed by atoms with Gasteiger partial charge < -0.3 is 18.6 Å². The molecule has 0 aliphatic carbocycles. The Bertz CT molecular complexity index is 1140. The van der Waals surface area contributed by atoms with Gasteiger partial charge in [0.15, 0.2) is 23.9 Å². The molecule has 0 saturated heterocycles. The Balaban J connectivity index is 1.68. The zero-order valence-electron chi connectivity index (χ0n) is 16.6. The summed E-state index contributed by atoms with van der Waals surface area (Å²) in [6.45, 7) is 1.78. The third-order valence-electron chi connectivity index (χ3n) is 3.97. The molecule has 0 fully saturated rings. The molecule has 1 N–H and O–H groups in total. The van der Waals surface area contributed by atoms with Crippen molar-refractivity contribution < 1.29 is 28.2 Å². The van der Waals surface area contributed by atoms with Gasteiger partial charge >= 0.3 is 11.9 Å². The number of benzene rings is 2. The molecule has 0 unspecified atom stereocenters. The minimum absolute atomic E-state index is 0.153. The van der Waals surface area contributed by atoms with Crippen LogP contribution in [0, 0.1) is 3.57 Å². The minimum atomic E-state index is -0.473. The predicted molar refractivity (Wildman–Crippen MR) is 127 cm³/mol. The van der Waals surface area contributed by atoms with Gasteiger partial charge in [-0.3, -0.25) is 4.79 Å². The number of amides is 1. The number of hydrogen-bond acceptors (Lipinski definition) is 7. The number of hydrazone groups is 1. The molecule has 3 rings (SSSR count). The lowest BCUT2D eigenvalue weighted by Crippen LogP contribution is -2.17. The second-order valence-electron chi connectivity index (χ2n) is 6.12. The number of nitrogens with zero attached hydrogens (tertiary/aromatic N) is 1. The summed E-state index contributed by atoms with van der Waals surface area (Å²) in [4.78, 5) is 23.8. The number of rotatable bonds is 8. The molecule has 1 amide bonds. The number of esters is 1. The van der Waals surface area contributed by atoms with E-state index in [1.165, 1.54) is 13.3 Å². The van der Waals surface area contributed by atoms with Crippen molar-refractivity contribution in [2.75, 3.05) is 20.3 Å². The van der Waals surface area contributed by atoms with Crippen LogP contribution in [0.15, 0.2) is 50.4 Å². The van der Waals surface area contributed by atoms with Crippen LogP contribution in [-0.4, -0.2) is 38.4 Å². The first-order chi connectivity index (χ1) is 14.9. The molecule has 0 radical (unpaired) electrons. The Morgan fingerprint density at radius 3 is 2.81 bits per heavy atom. The number of methoxy groups -OCH3 is 1. The van der Waals surface area contributed by atoms with Crippen molar-refractivity contribution in [3.8, 4) is 11.5 Å². The van der Waals surface area contributed by atoms with E-state index in [4.69, 9.17) is 18.6 Å². The normalized spacial score (nSPS) is 11.0. The molecule has 0 atom stereocenters. The first kappa shape index (κ1) is 23.1.